The first-order valence-electron chi connectivity index (χ1n) is 6.52. The SMILES string of the molecule is CC(C)C(SCc1ncc(-c2cccc(Cl)c2)o1)C(=O)O. The number of rotatable bonds is 6. The summed E-state index contributed by atoms with van der Waals surface area (Å²) < 4.78 is 5.65. The fourth-order valence-electron chi connectivity index (χ4n) is 1.86. The Kier molecular flexibility index (Phi) is 5.31. The van der Waals surface area contributed by atoms with Crippen LogP contribution in [0.2, 0.25) is 5.02 Å². The van der Waals surface area contributed by atoms with Crippen LogP contribution in [0.3, 0.4) is 0 Å². The van der Waals surface area contributed by atoms with Crippen molar-refractivity contribution in [1.82, 2.24) is 4.98 Å². The van der Waals surface area contributed by atoms with Crippen molar-refractivity contribution in [2.24, 2.45) is 5.92 Å². The lowest BCUT2D eigenvalue weighted by atomic mass is 10.1. The van der Waals surface area contributed by atoms with Gasteiger partial charge in [-0.15, -0.1) is 11.8 Å². The molecule has 4 nitrogen and oxygen atoms in total. The molecule has 0 radical (unpaired) electrons. The summed E-state index contributed by atoms with van der Waals surface area (Å²) in [5.41, 5.74) is 0.852. The summed E-state index contributed by atoms with van der Waals surface area (Å²) in [6.45, 7) is 3.78. The molecule has 0 saturated heterocycles. The highest BCUT2D eigenvalue weighted by atomic mass is 35.5. The first-order chi connectivity index (χ1) is 9.97. The lowest BCUT2D eigenvalue weighted by Gasteiger charge is -2.14. The van der Waals surface area contributed by atoms with Crippen molar-refractivity contribution in [3.8, 4) is 11.3 Å². The van der Waals surface area contributed by atoms with Crippen molar-refractivity contribution in [3.63, 3.8) is 0 Å². The molecule has 1 N–H and O–H groups in total. The van der Waals surface area contributed by atoms with E-state index in [4.69, 9.17) is 21.1 Å². The van der Waals surface area contributed by atoms with Gasteiger partial charge in [0, 0.05) is 10.6 Å². The van der Waals surface area contributed by atoms with Crippen LogP contribution in [0.15, 0.2) is 34.9 Å². The molecule has 0 aliphatic carbocycles. The van der Waals surface area contributed by atoms with Gasteiger partial charge in [0.2, 0.25) is 5.89 Å². The number of thioether (sulfide) groups is 1. The van der Waals surface area contributed by atoms with Gasteiger partial charge in [0.05, 0.1) is 11.9 Å². The zero-order chi connectivity index (χ0) is 15.4. The fourth-order valence-corrected chi connectivity index (χ4v) is 3.04. The minimum Gasteiger partial charge on any atom is -0.480 e. The van der Waals surface area contributed by atoms with Gasteiger partial charge in [0.1, 0.15) is 5.25 Å². The van der Waals surface area contributed by atoms with Crippen LogP contribution in [-0.4, -0.2) is 21.3 Å². The van der Waals surface area contributed by atoms with Crippen molar-refractivity contribution in [1.29, 1.82) is 0 Å². The Bertz CT molecular complexity index is 627. The first kappa shape index (κ1) is 15.9. The zero-order valence-electron chi connectivity index (χ0n) is 11.7. The summed E-state index contributed by atoms with van der Waals surface area (Å²) in [5.74, 6) is 0.813. The second-order valence-corrected chi connectivity index (χ2v) is 6.51. The standard InChI is InChI=1S/C15H16ClNO3S/c1-9(2)14(15(18)19)21-8-13-17-7-12(20-13)10-4-3-5-11(16)6-10/h3-7,9,14H,8H2,1-2H3,(H,18,19). The van der Waals surface area contributed by atoms with E-state index < -0.39 is 11.2 Å². The second-order valence-electron chi connectivity index (χ2n) is 4.94. The molecule has 0 spiro atoms. The minimum absolute atomic E-state index is 0.0508. The van der Waals surface area contributed by atoms with Crippen molar-refractivity contribution in [2.75, 3.05) is 0 Å². The Hall–Kier alpha value is -1.46. The number of benzene rings is 1. The maximum absolute atomic E-state index is 11.1. The van der Waals surface area contributed by atoms with Gasteiger partial charge in [0.25, 0.3) is 0 Å². The minimum atomic E-state index is -0.809. The average Bonchev–Trinajstić information content (AvgIpc) is 2.87. The van der Waals surface area contributed by atoms with Crippen LogP contribution in [0.5, 0.6) is 0 Å². The van der Waals surface area contributed by atoms with E-state index in [0.717, 1.165) is 5.56 Å². The topological polar surface area (TPSA) is 63.3 Å². The quantitative estimate of drug-likeness (QED) is 0.856. The van der Waals surface area contributed by atoms with Gasteiger partial charge in [-0.2, -0.15) is 0 Å². The van der Waals surface area contributed by atoms with Gasteiger partial charge in [-0.25, -0.2) is 4.98 Å². The molecule has 0 saturated carbocycles. The summed E-state index contributed by atoms with van der Waals surface area (Å²) >= 11 is 7.26. The Morgan fingerprint density at radius 2 is 2.24 bits per heavy atom. The molecule has 1 aromatic carbocycles. The normalized spacial score (nSPS) is 12.6. The summed E-state index contributed by atoms with van der Waals surface area (Å²) in [4.78, 5) is 15.3. The maximum Gasteiger partial charge on any atom is 0.316 e. The molecule has 0 bridgehead atoms. The third-order valence-electron chi connectivity index (χ3n) is 2.90. The molecule has 0 fully saturated rings. The van der Waals surface area contributed by atoms with E-state index in [1.807, 2.05) is 26.0 Å². The highest BCUT2D eigenvalue weighted by Gasteiger charge is 2.22. The number of carboxylic acids is 1. The Balaban J connectivity index is 2.05. The van der Waals surface area contributed by atoms with E-state index >= 15 is 0 Å². The molecule has 0 amide bonds. The summed E-state index contributed by atoms with van der Waals surface area (Å²) in [6, 6.07) is 7.32. The Labute approximate surface area is 132 Å². The van der Waals surface area contributed by atoms with Crippen LogP contribution in [0, 0.1) is 5.92 Å². The highest BCUT2D eigenvalue weighted by Crippen LogP contribution is 2.27. The van der Waals surface area contributed by atoms with Crippen LogP contribution in [0.25, 0.3) is 11.3 Å². The molecule has 1 unspecified atom stereocenters. The molecule has 2 aromatic rings. The van der Waals surface area contributed by atoms with Gasteiger partial charge in [-0.05, 0) is 18.1 Å². The van der Waals surface area contributed by atoms with Gasteiger partial charge in [-0.1, -0.05) is 37.6 Å². The molecule has 2 rings (SSSR count). The van der Waals surface area contributed by atoms with Crippen LogP contribution in [0.4, 0.5) is 0 Å². The van der Waals surface area contributed by atoms with E-state index in [0.29, 0.717) is 22.4 Å². The van der Waals surface area contributed by atoms with Crippen molar-refractivity contribution >= 4 is 29.3 Å². The average molecular weight is 326 g/mol. The Morgan fingerprint density at radius 1 is 1.48 bits per heavy atom. The van der Waals surface area contributed by atoms with Gasteiger partial charge in [0.15, 0.2) is 5.76 Å². The van der Waals surface area contributed by atoms with E-state index in [9.17, 15) is 4.79 Å². The molecule has 0 aliphatic heterocycles. The second kappa shape index (κ2) is 7.00. The number of nitrogens with zero attached hydrogens (tertiary/aromatic N) is 1. The third kappa shape index (κ3) is 4.25. The van der Waals surface area contributed by atoms with E-state index in [-0.39, 0.29) is 5.92 Å². The molecule has 0 aliphatic rings. The van der Waals surface area contributed by atoms with E-state index in [2.05, 4.69) is 4.98 Å². The number of oxazole rings is 1. The molecule has 6 heteroatoms. The lowest BCUT2D eigenvalue weighted by Crippen LogP contribution is -2.22. The smallest absolute Gasteiger partial charge is 0.316 e. The molecule has 1 atom stereocenters. The van der Waals surface area contributed by atoms with E-state index in [1.165, 1.54) is 11.8 Å². The summed E-state index contributed by atoms with van der Waals surface area (Å²) in [7, 11) is 0. The van der Waals surface area contributed by atoms with Crippen LogP contribution in [0.1, 0.15) is 19.7 Å². The molecular formula is C15H16ClNO3S. The molecular weight excluding hydrogens is 310 g/mol. The third-order valence-corrected chi connectivity index (χ3v) is 4.65. The maximum atomic E-state index is 11.1. The predicted molar refractivity (Wildman–Crippen MR) is 84.5 cm³/mol. The molecule has 1 heterocycles. The first-order valence-corrected chi connectivity index (χ1v) is 7.95. The van der Waals surface area contributed by atoms with Crippen molar-refractivity contribution in [2.45, 2.75) is 24.9 Å². The number of aliphatic carboxylic acids is 1. The summed E-state index contributed by atoms with van der Waals surface area (Å²) in [5, 5.41) is 9.31. The number of carboxylic acid groups (broad SMARTS) is 1. The summed E-state index contributed by atoms with van der Waals surface area (Å²) in [6.07, 6.45) is 1.63. The van der Waals surface area contributed by atoms with Gasteiger partial charge < -0.3 is 9.52 Å². The van der Waals surface area contributed by atoms with E-state index in [1.54, 1.807) is 18.3 Å². The van der Waals surface area contributed by atoms with Crippen molar-refractivity contribution < 1.29 is 14.3 Å². The Morgan fingerprint density at radius 3 is 2.86 bits per heavy atom. The van der Waals surface area contributed by atoms with Crippen LogP contribution in [-0.2, 0) is 10.5 Å². The fraction of sp³-hybridized carbons (Fsp3) is 0.333. The van der Waals surface area contributed by atoms with Gasteiger partial charge in [-0.3, -0.25) is 4.79 Å². The number of hydrogen-bond donors (Lipinski definition) is 1. The zero-order valence-corrected chi connectivity index (χ0v) is 13.3. The predicted octanol–water partition coefficient (Wildman–Crippen LogP) is 4.34. The largest absolute Gasteiger partial charge is 0.480 e. The molecule has 1 aromatic heterocycles. The highest BCUT2D eigenvalue weighted by molar-refractivity contribution is 7.99. The number of carbonyl (C=O) groups is 1. The molecule has 21 heavy (non-hydrogen) atoms. The van der Waals surface area contributed by atoms with Crippen LogP contribution >= 0.6 is 23.4 Å². The molecule has 112 valence electrons. The number of halogens is 1. The lowest BCUT2D eigenvalue weighted by molar-refractivity contribution is -0.137. The number of hydrogen-bond acceptors (Lipinski definition) is 4. The van der Waals surface area contributed by atoms with Crippen molar-refractivity contribution in [3.05, 3.63) is 41.4 Å². The number of aromatic nitrogens is 1. The van der Waals surface area contributed by atoms with Gasteiger partial charge >= 0.3 is 5.97 Å². The van der Waals surface area contributed by atoms with Crippen LogP contribution < -0.4 is 0 Å². The monoisotopic (exact) mass is 325 g/mol.